The van der Waals surface area contributed by atoms with Crippen molar-refractivity contribution in [1.82, 2.24) is 0 Å². The third-order valence-electron chi connectivity index (χ3n) is 11.8. The number of anilines is 6. The van der Waals surface area contributed by atoms with E-state index in [1.165, 1.54) is 45.5 Å². The molecule has 0 heterocycles. The van der Waals surface area contributed by atoms with E-state index < -0.39 is 5.41 Å². The van der Waals surface area contributed by atoms with Gasteiger partial charge in [0.05, 0.1) is 5.41 Å². The number of ketones is 2. The molecule has 4 heteroatoms. The van der Waals surface area contributed by atoms with Crippen LogP contribution in [-0.4, -0.2) is 11.6 Å². The van der Waals surface area contributed by atoms with E-state index in [1.807, 2.05) is 84.9 Å². The standard InChI is InChI=1S/C55H38N2O2/c1-3-53(58)37-23-27-41(28-24-37)56(39-15-7-5-8-16-39)43-31-33-51-47(35-43)48-36-44(57(40-17-9-6-10-18-40)42-29-25-38(26-30-42)54(59)4-2)32-34-52(48)55(51)49-21-13-11-19-45(49)46-20-12-14-22-50(46)55/h3-36H,1-2H2. The fourth-order valence-electron chi connectivity index (χ4n) is 9.24. The summed E-state index contributed by atoms with van der Waals surface area (Å²) in [5.74, 6) is -0.221. The summed E-state index contributed by atoms with van der Waals surface area (Å²) in [5.41, 5.74) is 16.3. The average Bonchev–Trinajstić information content (AvgIpc) is 3.76. The van der Waals surface area contributed by atoms with Crippen molar-refractivity contribution in [2.45, 2.75) is 5.41 Å². The van der Waals surface area contributed by atoms with Gasteiger partial charge in [0.2, 0.25) is 0 Å². The van der Waals surface area contributed by atoms with Gasteiger partial charge in [0.15, 0.2) is 11.6 Å². The van der Waals surface area contributed by atoms with Gasteiger partial charge in [-0.3, -0.25) is 9.59 Å². The van der Waals surface area contributed by atoms with E-state index in [4.69, 9.17) is 0 Å². The lowest BCUT2D eigenvalue weighted by Crippen LogP contribution is -2.26. The highest BCUT2D eigenvalue weighted by Gasteiger charge is 2.51. The zero-order valence-electron chi connectivity index (χ0n) is 32.3. The normalized spacial score (nSPS) is 12.5. The van der Waals surface area contributed by atoms with Gasteiger partial charge in [-0.25, -0.2) is 0 Å². The van der Waals surface area contributed by atoms with Crippen molar-refractivity contribution in [3.05, 3.63) is 253 Å². The van der Waals surface area contributed by atoms with E-state index in [-0.39, 0.29) is 11.6 Å². The highest BCUT2D eigenvalue weighted by Crippen LogP contribution is 2.63. The van der Waals surface area contributed by atoms with Crippen LogP contribution in [0.1, 0.15) is 43.0 Å². The highest BCUT2D eigenvalue weighted by molar-refractivity contribution is 6.05. The molecule has 2 aliphatic rings. The van der Waals surface area contributed by atoms with Gasteiger partial charge in [-0.15, -0.1) is 0 Å². The Balaban J connectivity index is 1.22. The Morgan fingerprint density at radius 3 is 1.07 bits per heavy atom. The predicted octanol–water partition coefficient (Wildman–Crippen LogP) is 13.7. The fourth-order valence-corrected chi connectivity index (χ4v) is 9.24. The lowest BCUT2D eigenvalue weighted by atomic mass is 9.70. The number of carbonyl (C=O) groups is 2. The van der Waals surface area contributed by atoms with Gasteiger partial charge in [-0.1, -0.05) is 110 Å². The van der Waals surface area contributed by atoms with Gasteiger partial charge in [0, 0.05) is 45.3 Å². The minimum atomic E-state index is -0.538. The van der Waals surface area contributed by atoms with Gasteiger partial charge in [-0.05, 0) is 154 Å². The van der Waals surface area contributed by atoms with Crippen molar-refractivity contribution in [2.24, 2.45) is 0 Å². The molecule has 0 bridgehead atoms. The quantitative estimate of drug-likeness (QED) is 0.103. The van der Waals surface area contributed by atoms with Crippen molar-refractivity contribution in [3.8, 4) is 22.3 Å². The maximum absolute atomic E-state index is 12.5. The summed E-state index contributed by atoms with van der Waals surface area (Å²) in [4.78, 5) is 29.6. The second-order valence-electron chi connectivity index (χ2n) is 14.9. The van der Waals surface area contributed by atoms with Crippen molar-refractivity contribution >= 4 is 45.7 Å². The van der Waals surface area contributed by atoms with Crippen molar-refractivity contribution in [1.29, 1.82) is 0 Å². The summed E-state index contributed by atoms with van der Waals surface area (Å²) in [7, 11) is 0. The molecule has 0 amide bonds. The molecule has 0 aliphatic heterocycles. The van der Waals surface area contributed by atoms with Gasteiger partial charge in [0.1, 0.15) is 0 Å². The predicted molar refractivity (Wildman–Crippen MR) is 241 cm³/mol. The molecule has 280 valence electrons. The number of hydrogen-bond donors (Lipinski definition) is 0. The van der Waals surface area contributed by atoms with E-state index in [1.54, 1.807) is 0 Å². The SMILES string of the molecule is C=CC(=O)c1ccc(N(c2ccccc2)c2ccc3c(c2)-c2cc(N(c4ccccc4)c4ccc(C(=O)C=C)cc4)ccc2C32c3ccccc3-c3ccccc32)cc1. The smallest absolute Gasteiger partial charge is 0.185 e. The molecule has 4 nitrogen and oxygen atoms in total. The number of nitrogens with zero attached hydrogens (tertiary/aromatic N) is 2. The molecule has 1 spiro atoms. The second kappa shape index (κ2) is 14.3. The first-order valence-corrected chi connectivity index (χ1v) is 19.7. The topological polar surface area (TPSA) is 40.6 Å². The Morgan fingerprint density at radius 2 is 0.678 bits per heavy atom. The second-order valence-corrected chi connectivity index (χ2v) is 14.9. The van der Waals surface area contributed by atoms with Crippen molar-refractivity contribution < 1.29 is 9.59 Å². The lowest BCUT2D eigenvalue weighted by Gasteiger charge is -2.31. The number of carbonyl (C=O) groups excluding carboxylic acids is 2. The third kappa shape index (κ3) is 5.60. The average molecular weight is 759 g/mol. The van der Waals surface area contributed by atoms with E-state index >= 15 is 0 Å². The zero-order valence-corrected chi connectivity index (χ0v) is 32.3. The summed E-state index contributed by atoms with van der Waals surface area (Å²) in [6, 6.07) is 67.6. The van der Waals surface area contributed by atoms with Crippen molar-refractivity contribution in [3.63, 3.8) is 0 Å². The molecule has 8 aromatic rings. The molecule has 0 radical (unpaired) electrons. The fraction of sp³-hybridized carbons (Fsp3) is 0.0182. The number of fused-ring (bicyclic) bond motifs is 10. The van der Waals surface area contributed by atoms with Crippen LogP contribution in [0.2, 0.25) is 0 Å². The van der Waals surface area contributed by atoms with Crippen LogP contribution in [-0.2, 0) is 5.41 Å². The van der Waals surface area contributed by atoms with Crippen LogP contribution in [0, 0.1) is 0 Å². The van der Waals surface area contributed by atoms with Crippen LogP contribution >= 0.6 is 0 Å². The minimum Gasteiger partial charge on any atom is -0.310 e. The Morgan fingerprint density at radius 1 is 0.356 bits per heavy atom. The number of allylic oxidation sites excluding steroid dienone is 2. The Hall–Kier alpha value is -7.82. The molecule has 0 saturated carbocycles. The number of para-hydroxylation sites is 2. The van der Waals surface area contributed by atoms with E-state index in [2.05, 4.69) is 132 Å². The Labute approximate surface area is 344 Å². The van der Waals surface area contributed by atoms with E-state index in [9.17, 15) is 9.59 Å². The molecule has 2 aliphatic carbocycles. The largest absolute Gasteiger partial charge is 0.310 e. The molecule has 0 unspecified atom stereocenters. The van der Waals surface area contributed by atoms with Gasteiger partial charge < -0.3 is 9.80 Å². The molecule has 0 aromatic heterocycles. The molecule has 0 N–H and O–H groups in total. The molecule has 0 fully saturated rings. The van der Waals surface area contributed by atoms with Crippen LogP contribution in [0.4, 0.5) is 34.1 Å². The number of rotatable bonds is 10. The Kier molecular flexibility index (Phi) is 8.61. The molecular weight excluding hydrogens is 721 g/mol. The molecule has 0 atom stereocenters. The first-order valence-electron chi connectivity index (χ1n) is 19.7. The van der Waals surface area contributed by atoms with E-state index in [0.717, 1.165) is 45.3 Å². The van der Waals surface area contributed by atoms with Crippen LogP contribution in [0.5, 0.6) is 0 Å². The first kappa shape index (κ1) is 35.6. The van der Waals surface area contributed by atoms with Crippen LogP contribution in [0.3, 0.4) is 0 Å². The summed E-state index contributed by atoms with van der Waals surface area (Å²) in [6.07, 6.45) is 2.70. The number of hydrogen-bond acceptors (Lipinski definition) is 4. The first-order chi connectivity index (χ1) is 29.0. The highest BCUT2D eigenvalue weighted by atomic mass is 16.1. The number of benzene rings is 8. The molecule has 8 aromatic carbocycles. The molecule has 59 heavy (non-hydrogen) atoms. The lowest BCUT2D eigenvalue weighted by molar-refractivity contribution is 0.103. The zero-order chi connectivity index (χ0) is 40.1. The van der Waals surface area contributed by atoms with Gasteiger partial charge in [-0.2, -0.15) is 0 Å². The summed E-state index contributed by atoms with van der Waals surface area (Å²) in [6.45, 7) is 7.37. The molecule has 10 rings (SSSR count). The van der Waals surface area contributed by atoms with Gasteiger partial charge in [0.25, 0.3) is 0 Å². The van der Waals surface area contributed by atoms with Crippen LogP contribution in [0.25, 0.3) is 22.3 Å². The maximum Gasteiger partial charge on any atom is 0.185 e. The third-order valence-corrected chi connectivity index (χ3v) is 11.8. The Bertz CT molecular complexity index is 2750. The van der Waals surface area contributed by atoms with Crippen LogP contribution < -0.4 is 9.80 Å². The summed E-state index contributed by atoms with van der Waals surface area (Å²) < 4.78 is 0. The minimum absolute atomic E-state index is 0.110. The summed E-state index contributed by atoms with van der Waals surface area (Å²) >= 11 is 0. The molecular formula is C55H38N2O2. The van der Waals surface area contributed by atoms with Gasteiger partial charge >= 0.3 is 0 Å². The van der Waals surface area contributed by atoms with E-state index in [0.29, 0.717) is 11.1 Å². The molecule has 0 saturated heterocycles. The summed E-state index contributed by atoms with van der Waals surface area (Å²) in [5, 5.41) is 0. The van der Waals surface area contributed by atoms with Crippen molar-refractivity contribution in [2.75, 3.05) is 9.80 Å². The van der Waals surface area contributed by atoms with Crippen LogP contribution in [0.15, 0.2) is 219 Å². The monoisotopic (exact) mass is 758 g/mol. The maximum atomic E-state index is 12.5.